The van der Waals surface area contributed by atoms with E-state index in [-0.39, 0.29) is 22.9 Å². The lowest BCUT2D eigenvalue weighted by molar-refractivity contribution is 0.0949. The lowest BCUT2D eigenvalue weighted by Crippen LogP contribution is -2.26. The van der Waals surface area contributed by atoms with Crippen LogP contribution in [-0.2, 0) is 16.6 Å². The van der Waals surface area contributed by atoms with E-state index in [2.05, 4.69) is 15.3 Å². The normalized spacial score (nSPS) is 11.6. The van der Waals surface area contributed by atoms with Gasteiger partial charge in [-0.2, -0.15) is 0 Å². The number of rotatable bonds is 5. The fourth-order valence-electron chi connectivity index (χ4n) is 1.88. The van der Waals surface area contributed by atoms with Gasteiger partial charge in [-0.1, -0.05) is 6.07 Å². The molecular weight excluding hydrogens is 304 g/mol. The van der Waals surface area contributed by atoms with Gasteiger partial charge in [-0.15, -0.1) is 0 Å². The number of nitrogens with one attached hydrogen (secondary N) is 2. The zero-order valence-electron chi connectivity index (χ0n) is 12.6. The number of H-pyrrole nitrogens is 1. The van der Waals surface area contributed by atoms with Crippen LogP contribution in [-0.4, -0.2) is 42.7 Å². The first-order valence-corrected chi connectivity index (χ1v) is 8.06. The third kappa shape index (κ3) is 3.34. The zero-order chi connectivity index (χ0) is 16.3. The first kappa shape index (κ1) is 16.2. The van der Waals surface area contributed by atoms with Crippen molar-refractivity contribution in [3.8, 4) is 0 Å². The molecule has 0 fully saturated rings. The Kier molecular flexibility index (Phi) is 4.62. The molecule has 0 saturated carbocycles. The second kappa shape index (κ2) is 6.29. The molecule has 118 valence electrons. The number of amides is 1. The molecule has 2 aromatic rings. The predicted molar refractivity (Wildman–Crippen MR) is 81.8 cm³/mol. The molecule has 0 aliphatic rings. The number of hydrogen-bond donors (Lipinski definition) is 2. The predicted octanol–water partition coefficient (Wildman–Crippen LogP) is 0.898. The zero-order valence-corrected chi connectivity index (χ0v) is 13.4. The third-order valence-corrected chi connectivity index (χ3v) is 5.14. The molecule has 1 heterocycles. The number of imidazole rings is 1. The second-order valence-corrected chi connectivity index (χ2v) is 7.11. The van der Waals surface area contributed by atoms with Crippen molar-refractivity contribution in [1.29, 1.82) is 0 Å². The summed E-state index contributed by atoms with van der Waals surface area (Å²) in [5, 5.41) is 2.69. The fraction of sp³-hybridized carbons (Fsp3) is 0.286. The summed E-state index contributed by atoms with van der Waals surface area (Å²) in [5.74, 6) is 0.271. The molecule has 0 aliphatic carbocycles. The van der Waals surface area contributed by atoms with Crippen LogP contribution in [0.25, 0.3) is 0 Å². The molecule has 1 aromatic heterocycles. The molecule has 0 atom stereocenters. The van der Waals surface area contributed by atoms with Gasteiger partial charge in [0.1, 0.15) is 5.82 Å². The van der Waals surface area contributed by atoms with Crippen LogP contribution in [0.5, 0.6) is 0 Å². The Morgan fingerprint density at radius 2 is 2.09 bits per heavy atom. The molecule has 7 nitrogen and oxygen atoms in total. The highest BCUT2D eigenvalue weighted by Gasteiger charge is 2.21. The number of aryl methyl sites for hydroxylation is 1. The molecule has 0 spiro atoms. The second-order valence-electron chi connectivity index (χ2n) is 4.99. The van der Waals surface area contributed by atoms with Crippen LogP contribution < -0.4 is 5.32 Å². The van der Waals surface area contributed by atoms with E-state index in [4.69, 9.17) is 0 Å². The van der Waals surface area contributed by atoms with E-state index in [1.807, 2.05) is 0 Å². The number of carbonyl (C=O) groups is 1. The summed E-state index contributed by atoms with van der Waals surface area (Å²) in [6, 6.07) is 4.61. The van der Waals surface area contributed by atoms with Gasteiger partial charge < -0.3 is 10.3 Å². The SMILES string of the molecule is Cc1ccc(C(=O)NCc2ncc[nH]2)cc1S(=O)(=O)N(C)C. The first-order chi connectivity index (χ1) is 10.3. The maximum Gasteiger partial charge on any atom is 0.251 e. The summed E-state index contributed by atoms with van der Waals surface area (Å²) in [6.45, 7) is 1.94. The Balaban J connectivity index is 2.24. The van der Waals surface area contributed by atoms with Gasteiger partial charge in [-0.3, -0.25) is 4.79 Å². The lowest BCUT2D eigenvalue weighted by atomic mass is 10.1. The first-order valence-electron chi connectivity index (χ1n) is 6.62. The molecule has 2 rings (SSSR count). The number of aromatic nitrogens is 2. The molecule has 1 aromatic carbocycles. The minimum atomic E-state index is -3.59. The molecule has 1 amide bonds. The fourth-order valence-corrected chi connectivity index (χ4v) is 3.02. The Labute approximate surface area is 129 Å². The largest absolute Gasteiger partial charge is 0.347 e. The van der Waals surface area contributed by atoms with Crippen LogP contribution in [0, 0.1) is 6.92 Å². The van der Waals surface area contributed by atoms with Crippen molar-refractivity contribution in [3.05, 3.63) is 47.5 Å². The number of hydrogen-bond acceptors (Lipinski definition) is 4. The highest BCUT2D eigenvalue weighted by Crippen LogP contribution is 2.19. The van der Waals surface area contributed by atoms with E-state index in [1.54, 1.807) is 31.5 Å². The van der Waals surface area contributed by atoms with Gasteiger partial charge in [-0.05, 0) is 24.6 Å². The summed E-state index contributed by atoms with van der Waals surface area (Å²) in [5.41, 5.74) is 0.883. The Morgan fingerprint density at radius 3 is 2.68 bits per heavy atom. The van der Waals surface area contributed by atoms with E-state index >= 15 is 0 Å². The molecule has 0 radical (unpaired) electrons. The minimum Gasteiger partial charge on any atom is -0.347 e. The molecule has 2 N–H and O–H groups in total. The third-order valence-electron chi connectivity index (χ3n) is 3.18. The van der Waals surface area contributed by atoms with Gasteiger partial charge in [0.15, 0.2) is 0 Å². The van der Waals surface area contributed by atoms with Crippen LogP contribution in [0.2, 0.25) is 0 Å². The van der Waals surface area contributed by atoms with Crippen LogP contribution in [0.3, 0.4) is 0 Å². The highest BCUT2D eigenvalue weighted by molar-refractivity contribution is 7.89. The van der Waals surface area contributed by atoms with Crippen molar-refractivity contribution in [1.82, 2.24) is 19.6 Å². The van der Waals surface area contributed by atoms with Gasteiger partial charge in [0.05, 0.1) is 11.4 Å². The van der Waals surface area contributed by atoms with Crippen LogP contribution in [0.1, 0.15) is 21.7 Å². The summed E-state index contributed by atoms with van der Waals surface area (Å²) in [7, 11) is -0.673. The molecule has 0 unspecified atom stereocenters. The van der Waals surface area contributed by atoms with Crippen LogP contribution in [0.4, 0.5) is 0 Å². The van der Waals surface area contributed by atoms with Crippen LogP contribution in [0.15, 0.2) is 35.5 Å². The number of benzene rings is 1. The van der Waals surface area contributed by atoms with Crippen molar-refractivity contribution in [2.24, 2.45) is 0 Å². The van der Waals surface area contributed by atoms with Gasteiger partial charge in [-0.25, -0.2) is 17.7 Å². The smallest absolute Gasteiger partial charge is 0.251 e. The maximum atomic E-state index is 12.3. The van der Waals surface area contributed by atoms with E-state index in [9.17, 15) is 13.2 Å². The average molecular weight is 322 g/mol. The number of sulfonamides is 1. The Bertz CT molecular complexity index is 767. The minimum absolute atomic E-state index is 0.128. The topological polar surface area (TPSA) is 95.2 Å². The molecule has 0 aliphatic heterocycles. The summed E-state index contributed by atoms with van der Waals surface area (Å²) in [4.78, 5) is 19.1. The average Bonchev–Trinajstić information content (AvgIpc) is 2.98. The number of aromatic amines is 1. The highest BCUT2D eigenvalue weighted by atomic mass is 32.2. The quantitative estimate of drug-likeness (QED) is 0.855. The van der Waals surface area contributed by atoms with Gasteiger partial charge in [0.25, 0.3) is 5.91 Å². The van der Waals surface area contributed by atoms with Crippen molar-refractivity contribution in [2.75, 3.05) is 14.1 Å². The van der Waals surface area contributed by atoms with Gasteiger partial charge >= 0.3 is 0 Å². The number of carbonyl (C=O) groups excluding carboxylic acids is 1. The van der Waals surface area contributed by atoms with Crippen molar-refractivity contribution in [3.63, 3.8) is 0 Å². The standard InChI is InChI=1S/C14H18N4O3S/c1-10-4-5-11(8-12(10)22(20,21)18(2)3)14(19)17-9-13-15-6-7-16-13/h4-8H,9H2,1-3H3,(H,15,16)(H,17,19). The van der Waals surface area contributed by atoms with Crippen LogP contribution >= 0.6 is 0 Å². The molecular formula is C14H18N4O3S. The summed E-state index contributed by atoms with van der Waals surface area (Å²) in [6.07, 6.45) is 3.25. The lowest BCUT2D eigenvalue weighted by Gasteiger charge is -2.14. The summed E-state index contributed by atoms with van der Waals surface area (Å²) < 4.78 is 25.6. The Hall–Kier alpha value is -2.19. The monoisotopic (exact) mass is 322 g/mol. The van der Waals surface area contributed by atoms with Gasteiger partial charge in [0, 0.05) is 32.1 Å². The van der Waals surface area contributed by atoms with Crippen molar-refractivity contribution in [2.45, 2.75) is 18.4 Å². The maximum absolute atomic E-state index is 12.3. The van der Waals surface area contributed by atoms with Crippen molar-refractivity contribution < 1.29 is 13.2 Å². The number of nitrogens with zero attached hydrogens (tertiary/aromatic N) is 2. The molecule has 22 heavy (non-hydrogen) atoms. The van der Waals surface area contributed by atoms with Crippen molar-refractivity contribution >= 4 is 15.9 Å². The van der Waals surface area contributed by atoms with E-state index < -0.39 is 10.0 Å². The molecule has 0 saturated heterocycles. The van der Waals surface area contributed by atoms with E-state index in [0.29, 0.717) is 11.4 Å². The van der Waals surface area contributed by atoms with E-state index in [0.717, 1.165) is 4.31 Å². The Morgan fingerprint density at radius 1 is 1.36 bits per heavy atom. The van der Waals surface area contributed by atoms with E-state index in [1.165, 1.54) is 20.2 Å². The summed E-state index contributed by atoms with van der Waals surface area (Å²) >= 11 is 0. The molecule has 8 heteroatoms. The molecule has 0 bridgehead atoms. The van der Waals surface area contributed by atoms with Gasteiger partial charge in [0.2, 0.25) is 10.0 Å².